The van der Waals surface area contributed by atoms with E-state index in [1.807, 2.05) is 0 Å². The molecular weight excluding hydrogens is 359 g/mol. The Balaban J connectivity index is 2.34. The smallest absolute Gasteiger partial charge is 0.320 e. The SMILES string of the molecule is CCn1cncc(NC(=O)C(CC(F)(F)F)c2cccc(Cl)c2)c1=O. The molecule has 0 aliphatic carbocycles. The monoisotopic (exact) mass is 373 g/mol. The molecule has 1 heterocycles. The van der Waals surface area contributed by atoms with Gasteiger partial charge in [0.05, 0.1) is 24.9 Å². The molecule has 0 aliphatic rings. The highest BCUT2D eigenvalue weighted by Gasteiger charge is 2.36. The van der Waals surface area contributed by atoms with Crippen molar-refractivity contribution in [2.24, 2.45) is 0 Å². The highest BCUT2D eigenvalue weighted by atomic mass is 35.5. The molecule has 0 saturated heterocycles. The second kappa shape index (κ2) is 7.69. The van der Waals surface area contributed by atoms with E-state index in [0.29, 0.717) is 6.54 Å². The van der Waals surface area contributed by atoms with Gasteiger partial charge in [0.15, 0.2) is 0 Å². The van der Waals surface area contributed by atoms with Crippen LogP contribution in [-0.2, 0) is 11.3 Å². The molecule has 5 nitrogen and oxygen atoms in total. The molecule has 0 radical (unpaired) electrons. The number of hydrogen-bond donors (Lipinski definition) is 1. The number of alkyl halides is 3. The Kier molecular flexibility index (Phi) is 5.84. The summed E-state index contributed by atoms with van der Waals surface area (Å²) >= 11 is 5.81. The maximum atomic E-state index is 12.9. The summed E-state index contributed by atoms with van der Waals surface area (Å²) in [4.78, 5) is 28.3. The van der Waals surface area contributed by atoms with Crippen LogP contribution in [0.1, 0.15) is 24.8 Å². The van der Waals surface area contributed by atoms with E-state index in [4.69, 9.17) is 11.6 Å². The van der Waals surface area contributed by atoms with Crippen molar-refractivity contribution in [3.8, 4) is 0 Å². The fraction of sp³-hybridized carbons (Fsp3) is 0.312. The first-order chi connectivity index (χ1) is 11.7. The number of carbonyl (C=O) groups excluding carboxylic acids is 1. The maximum absolute atomic E-state index is 12.9. The molecule has 0 aliphatic heterocycles. The highest BCUT2D eigenvalue weighted by molar-refractivity contribution is 6.30. The average Bonchev–Trinajstić information content (AvgIpc) is 2.53. The molecule has 0 spiro atoms. The molecule has 25 heavy (non-hydrogen) atoms. The van der Waals surface area contributed by atoms with Crippen LogP contribution >= 0.6 is 11.6 Å². The summed E-state index contributed by atoms with van der Waals surface area (Å²) in [6, 6.07) is 5.64. The van der Waals surface area contributed by atoms with Crippen LogP contribution in [0.25, 0.3) is 0 Å². The molecule has 1 aromatic heterocycles. The molecule has 134 valence electrons. The summed E-state index contributed by atoms with van der Waals surface area (Å²) in [7, 11) is 0. The van der Waals surface area contributed by atoms with Gasteiger partial charge in [0.1, 0.15) is 5.69 Å². The van der Waals surface area contributed by atoms with Crippen LogP contribution in [0.3, 0.4) is 0 Å². The van der Waals surface area contributed by atoms with E-state index in [-0.39, 0.29) is 16.3 Å². The minimum absolute atomic E-state index is 0.113. The van der Waals surface area contributed by atoms with Crippen molar-refractivity contribution in [3.63, 3.8) is 0 Å². The fourth-order valence-electron chi connectivity index (χ4n) is 2.30. The van der Waals surface area contributed by atoms with E-state index in [9.17, 15) is 22.8 Å². The molecule has 1 aromatic carbocycles. The number of benzene rings is 1. The van der Waals surface area contributed by atoms with Gasteiger partial charge >= 0.3 is 6.18 Å². The lowest BCUT2D eigenvalue weighted by Gasteiger charge is -2.19. The Bertz CT molecular complexity index is 821. The van der Waals surface area contributed by atoms with Crippen LogP contribution in [0.15, 0.2) is 41.6 Å². The standard InChI is InChI=1S/C16H15ClF3N3O2/c1-2-23-9-21-8-13(15(23)25)22-14(24)12(7-16(18,19)20)10-4-3-5-11(17)6-10/h3-6,8-9,12H,2,7H2,1H3,(H,22,24). The number of nitrogens with zero attached hydrogens (tertiary/aromatic N) is 2. The summed E-state index contributed by atoms with van der Waals surface area (Å²) in [5, 5.41) is 2.46. The van der Waals surface area contributed by atoms with Crippen molar-refractivity contribution in [2.45, 2.75) is 32.0 Å². The lowest BCUT2D eigenvalue weighted by molar-refractivity contribution is -0.146. The van der Waals surface area contributed by atoms with Crippen molar-refractivity contribution in [2.75, 3.05) is 5.32 Å². The Morgan fingerprint density at radius 3 is 2.72 bits per heavy atom. The minimum atomic E-state index is -4.57. The van der Waals surface area contributed by atoms with E-state index < -0.39 is 30.0 Å². The summed E-state index contributed by atoms with van der Waals surface area (Å²) in [5.41, 5.74) is -0.603. The molecule has 1 unspecified atom stereocenters. The molecule has 9 heteroatoms. The first-order valence-electron chi connectivity index (χ1n) is 7.38. The molecule has 0 fully saturated rings. The Morgan fingerprint density at radius 2 is 2.12 bits per heavy atom. The number of hydrogen-bond acceptors (Lipinski definition) is 3. The molecule has 1 N–H and O–H groups in total. The number of aromatic nitrogens is 2. The molecule has 2 aromatic rings. The lowest BCUT2D eigenvalue weighted by Crippen LogP contribution is -2.30. The van der Waals surface area contributed by atoms with Gasteiger partial charge in [0.2, 0.25) is 5.91 Å². The van der Waals surface area contributed by atoms with Crippen LogP contribution < -0.4 is 10.9 Å². The molecular formula is C16H15ClF3N3O2. The molecule has 0 bridgehead atoms. The van der Waals surface area contributed by atoms with Crippen molar-refractivity contribution in [1.82, 2.24) is 9.55 Å². The van der Waals surface area contributed by atoms with Gasteiger partial charge < -0.3 is 5.32 Å². The number of carbonyl (C=O) groups is 1. The summed E-state index contributed by atoms with van der Waals surface area (Å²) < 4.78 is 39.9. The van der Waals surface area contributed by atoms with Crippen molar-refractivity contribution < 1.29 is 18.0 Å². The van der Waals surface area contributed by atoms with Crippen molar-refractivity contribution in [1.29, 1.82) is 0 Å². The quantitative estimate of drug-likeness (QED) is 0.871. The third-order valence-electron chi connectivity index (χ3n) is 3.50. The van der Waals surface area contributed by atoms with E-state index in [0.717, 1.165) is 6.20 Å². The van der Waals surface area contributed by atoms with Gasteiger partial charge in [-0.05, 0) is 24.6 Å². The fourth-order valence-corrected chi connectivity index (χ4v) is 2.50. The number of anilines is 1. The second-order valence-electron chi connectivity index (χ2n) is 5.31. The topological polar surface area (TPSA) is 64.0 Å². The zero-order chi connectivity index (χ0) is 18.6. The van der Waals surface area contributed by atoms with Crippen molar-refractivity contribution >= 4 is 23.2 Å². The van der Waals surface area contributed by atoms with E-state index in [2.05, 4.69) is 10.3 Å². The van der Waals surface area contributed by atoms with Crippen LogP contribution in [0, 0.1) is 0 Å². The molecule has 0 saturated carbocycles. The predicted octanol–water partition coefficient (Wildman–Crippen LogP) is 3.59. The number of nitrogens with one attached hydrogen (secondary N) is 1. The molecule has 1 atom stereocenters. The van der Waals surface area contributed by atoms with Gasteiger partial charge in [-0.2, -0.15) is 13.2 Å². The average molecular weight is 374 g/mol. The van der Waals surface area contributed by atoms with Gasteiger partial charge in [0.25, 0.3) is 5.56 Å². The molecule has 2 rings (SSSR count). The van der Waals surface area contributed by atoms with Gasteiger partial charge in [-0.1, -0.05) is 23.7 Å². The third kappa shape index (κ3) is 5.06. The highest BCUT2D eigenvalue weighted by Crippen LogP contribution is 2.33. The van der Waals surface area contributed by atoms with E-state index in [1.165, 1.54) is 35.2 Å². The minimum Gasteiger partial charge on any atom is -0.320 e. The Morgan fingerprint density at radius 1 is 1.40 bits per heavy atom. The third-order valence-corrected chi connectivity index (χ3v) is 3.74. The van der Waals surface area contributed by atoms with Crippen LogP contribution in [-0.4, -0.2) is 21.6 Å². The number of amides is 1. The summed E-state index contributed by atoms with van der Waals surface area (Å²) in [6.07, 6.45) is -3.55. The van der Waals surface area contributed by atoms with E-state index >= 15 is 0 Å². The Hall–Kier alpha value is -2.35. The van der Waals surface area contributed by atoms with Gasteiger partial charge in [0, 0.05) is 11.6 Å². The van der Waals surface area contributed by atoms with Crippen LogP contribution in [0.5, 0.6) is 0 Å². The largest absolute Gasteiger partial charge is 0.390 e. The second-order valence-corrected chi connectivity index (χ2v) is 5.75. The molecule has 1 amide bonds. The zero-order valence-electron chi connectivity index (χ0n) is 13.2. The van der Waals surface area contributed by atoms with Gasteiger partial charge in [-0.3, -0.25) is 14.2 Å². The number of aryl methyl sites for hydroxylation is 1. The van der Waals surface area contributed by atoms with Crippen molar-refractivity contribution in [3.05, 3.63) is 57.7 Å². The predicted molar refractivity (Wildman–Crippen MR) is 87.7 cm³/mol. The number of rotatable bonds is 5. The zero-order valence-corrected chi connectivity index (χ0v) is 13.9. The maximum Gasteiger partial charge on any atom is 0.390 e. The summed E-state index contributed by atoms with van der Waals surface area (Å²) in [5.74, 6) is -2.49. The summed E-state index contributed by atoms with van der Waals surface area (Å²) in [6.45, 7) is 2.02. The first kappa shape index (κ1) is 19.0. The first-order valence-corrected chi connectivity index (χ1v) is 7.76. The van der Waals surface area contributed by atoms with Crippen LogP contribution in [0.2, 0.25) is 5.02 Å². The van der Waals surface area contributed by atoms with Gasteiger partial charge in [-0.15, -0.1) is 0 Å². The van der Waals surface area contributed by atoms with Crippen LogP contribution in [0.4, 0.5) is 18.9 Å². The lowest BCUT2D eigenvalue weighted by atomic mass is 9.94. The normalized spacial score (nSPS) is 12.7. The Labute approximate surface area is 146 Å². The number of halogens is 4. The van der Waals surface area contributed by atoms with E-state index in [1.54, 1.807) is 6.92 Å². The van der Waals surface area contributed by atoms with Gasteiger partial charge in [-0.25, -0.2) is 4.98 Å².